The van der Waals surface area contributed by atoms with Gasteiger partial charge in [0.15, 0.2) is 11.5 Å². The molecule has 31 heavy (non-hydrogen) atoms. The van der Waals surface area contributed by atoms with Crippen molar-refractivity contribution < 1.29 is 0 Å². The van der Waals surface area contributed by atoms with Gasteiger partial charge < -0.3 is 9.88 Å². The van der Waals surface area contributed by atoms with Crippen LogP contribution in [0.5, 0.6) is 0 Å². The van der Waals surface area contributed by atoms with Crippen molar-refractivity contribution in [2.75, 3.05) is 18.0 Å². The number of H-pyrrole nitrogens is 2. The molecule has 7 nitrogen and oxygen atoms in total. The number of hydrogen-bond acceptors (Lipinski definition) is 5. The molecule has 0 spiro atoms. The number of rotatable bonds is 3. The monoisotopic (exact) mass is 409 g/mol. The summed E-state index contributed by atoms with van der Waals surface area (Å²) in [6, 6.07) is 10.4. The van der Waals surface area contributed by atoms with Gasteiger partial charge in [-0.2, -0.15) is 5.10 Å². The van der Waals surface area contributed by atoms with Crippen LogP contribution in [-0.4, -0.2) is 43.2 Å². The first-order valence-corrected chi connectivity index (χ1v) is 10.8. The van der Waals surface area contributed by atoms with Gasteiger partial charge in [0.05, 0.1) is 11.2 Å². The molecule has 0 unspecified atom stereocenters. The van der Waals surface area contributed by atoms with Crippen LogP contribution >= 0.6 is 0 Å². The lowest BCUT2D eigenvalue weighted by atomic mass is 10.0. The van der Waals surface area contributed by atoms with E-state index in [-0.39, 0.29) is 0 Å². The maximum atomic E-state index is 4.79. The third-order valence-electron chi connectivity index (χ3n) is 6.20. The molecule has 1 aliphatic rings. The molecule has 1 aromatic carbocycles. The Bertz CT molecular complexity index is 1390. The molecule has 0 radical (unpaired) electrons. The minimum Gasteiger partial charge on any atom is -0.370 e. The summed E-state index contributed by atoms with van der Waals surface area (Å²) < 4.78 is 0. The highest BCUT2D eigenvalue weighted by molar-refractivity contribution is 5.96. The van der Waals surface area contributed by atoms with E-state index in [0.717, 1.165) is 57.8 Å². The number of aryl methyl sites for hydroxylation is 1. The van der Waals surface area contributed by atoms with Crippen LogP contribution in [0.3, 0.4) is 0 Å². The van der Waals surface area contributed by atoms with Gasteiger partial charge in [-0.15, -0.1) is 0 Å². The molecule has 0 atom stereocenters. The number of pyridine rings is 2. The first-order valence-electron chi connectivity index (χ1n) is 10.8. The Hall–Kier alpha value is -3.74. The Labute approximate surface area is 179 Å². The lowest BCUT2D eigenvalue weighted by molar-refractivity contribution is 0.578. The Balaban J connectivity index is 1.47. The van der Waals surface area contributed by atoms with E-state index in [1.165, 1.54) is 30.5 Å². The minimum absolute atomic E-state index is 0.730. The van der Waals surface area contributed by atoms with Crippen LogP contribution in [0.2, 0.25) is 0 Å². The predicted octanol–water partition coefficient (Wildman–Crippen LogP) is 4.86. The van der Waals surface area contributed by atoms with Crippen molar-refractivity contribution in [1.29, 1.82) is 0 Å². The summed E-state index contributed by atoms with van der Waals surface area (Å²) in [6.07, 6.45) is 9.34. The van der Waals surface area contributed by atoms with E-state index in [1.54, 1.807) is 0 Å². The third-order valence-corrected chi connectivity index (χ3v) is 6.20. The molecule has 1 saturated heterocycles. The van der Waals surface area contributed by atoms with Crippen molar-refractivity contribution in [2.24, 2.45) is 0 Å². The molecule has 6 rings (SSSR count). The Morgan fingerprint density at radius 2 is 1.90 bits per heavy atom. The zero-order valence-electron chi connectivity index (χ0n) is 17.4. The molecule has 5 heterocycles. The number of nitrogens with one attached hydrogen (secondary N) is 2. The second-order valence-corrected chi connectivity index (χ2v) is 8.18. The molecular weight excluding hydrogens is 386 g/mol. The van der Waals surface area contributed by atoms with E-state index in [9.17, 15) is 0 Å². The number of fused-ring (bicyclic) bond motifs is 2. The SMILES string of the molecule is Cc1ccncc1-c1ccc2[nH]nc(-c3nc4nccc(N5CCCCC5)c4[nH]3)c2c1. The van der Waals surface area contributed by atoms with E-state index in [2.05, 4.69) is 61.2 Å². The third kappa shape index (κ3) is 3.04. The Morgan fingerprint density at radius 3 is 2.77 bits per heavy atom. The zero-order valence-corrected chi connectivity index (χ0v) is 17.4. The average Bonchev–Trinajstić information content (AvgIpc) is 3.43. The molecule has 5 aromatic rings. The van der Waals surface area contributed by atoms with Crippen LogP contribution in [0.25, 0.3) is 44.7 Å². The molecule has 154 valence electrons. The Morgan fingerprint density at radius 1 is 1.00 bits per heavy atom. The van der Waals surface area contributed by atoms with Gasteiger partial charge in [-0.1, -0.05) is 6.07 Å². The van der Waals surface area contributed by atoms with E-state index in [1.807, 2.05) is 24.7 Å². The summed E-state index contributed by atoms with van der Waals surface area (Å²) in [5, 5.41) is 8.76. The smallest absolute Gasteiger partial charge is 0.180 e. The first-order chi connectivity index (χ1) is 15.3. The minimum atomic E-state index is 0.730. The topological polar surface area (TPSA) is 86.4 Å². The number of aromatic nitrogens is 6. The van der Waals surface area contributed by atoms with Crippen molar-refractivity contribution in [3.63, 3.8) is 0 Å². The number of nitrogens with zero attached hydrogens (tertiary/aromatic N) is 5. The fraction of sp³-hybridized carbons (Fsp3) is 0.250. The van der Waals surface area contributed by atoms with Crippen LogP contribution in [0.1, 0.15) is 24.8 Å². The summed E-state index contributed by atoms with van der Waals surface area (Å²) in [5.41, 5.74) is 8.10. The molecule has 1 aliphatic heterocycles. The normalized spacial score (nSPS) is 14.5. The van der Waals surface area contributed by atoms with Crippen molar-refractivity contribution in [3.8, 4) is 22.6 Å². The quantitative estimate of drug-likeness (QED) is 0.444. The van der Waals surface area contributed by atoms with Crippen molar-refractivity contribution in [3.05, 3.63) is 54.5 Å². The largest absolute Gasteiger partial charge is 0.370 e. The second kappa shape index (κ2) is 7.19. The molecule has 0 amide bonds. The van der Waals surface area contributed by atoms with Gasteiger partial charge in [0, 0.05) is 42.6 Å². The van der Waals surface area contributed by atoms with Gasteiger partial charge in [0.2, 0.25) is 0 Å². The molecule has 4 aromatic heterocycles. The summed E-state index contributed by atoms with van der Waals surface area (Å²) in [6.45, 7) is 4.25. The predicted molar refractivity (Wildman–Crippen MR) is 123 cm³/mol. The maximum Gasteiger partial charge on any atom is 0.180 e. The summed E-state index contributed by atoms with van der Waals surface area (Å²) >= 11 is 0. The van der Waals surface area contributed by atoms with Gasteiger partial charge in [0.1, 0.15) is 11.2 Å². The van der Waals surface area contributed by atoms with Crippen molar-refractivity contribution in [2.45, 2.75) is 26.2 Å². The average molecular weight is 409 g/mol. The standard InChI is InChI=1S/C24H23N7/c1-15-7-9-25-14-18(15)16-5-6-19-17(13-16)21(30-29-19)24-27-22-20(8-10-26-23(22)28-24)31-11-3-2-4-12-31/h5-10,13-14H,2-4,11-12H2,1H3,(H,29,30)(H,26,27,28). The van der Waals surface area contributed by atoms with Gasteiger partial charge in [-0.3, -0.25) is 10.1 Å². The number of benzene rings is 1. The summed E-state index contributed by atoms with van der Waals surface area (Å²) in [7, 11) is 0. The number of anilines is 1. The highest BCUT2D eigenvalue weighted by Crippen LogP contribution is 2.33. The van der Waals surface area contributed by atoms with E-state index in [4.69, 9.17) is 4.98 Å². The Kier molecular flexibility index (Phi) is 4.19. The van der Waals surface area contributed by atoms with E-state index >= 15 is 0 Å². The van der Waals surface area contributed by atoms with E-state index < -0.39 is 0 Å². The highest BCUT2D eigenvalue weighted by atomic mass is 15.2. The van der Waals surface area contributed by atoms with Crippen molar-refractivity contribution in [1.82, 2.24) is 30.1 Å². The van der Waals surface area contributed by atoms with Crippen LogP contribution in [0, 0.1) is 6.92 Å². The molecule has 0 bridgehead atoms. The van der Waals surface area contributed by atoms with Crippen LogP contribution in [0.15, 0.2) is 48.9 Å². The van der Waals surface area contributed by atoms with Crippen LogP contribution in [0.4, 0.5) is 5.69 Å². The van der Waals surface area contributed by atoms with E-state index in [0.29, 0.717) is 0 Å². The highest BCUT2D eigenvalue weighted by Gasteiger charge is 2.19. The lowest BCUT2D eigenvalue weighted by Gasteiger charge is -2.28. The summed E-state index contributed by atoms with van der Waals surface area (Å²) in [4.78, 5) is 19.5. The van der Waals surface area contributed by atoms with Crippen molar-refractivity contribution >= 4 is 27.8 Å². The second-order valence-electron chi connectivity index (χ2n) is 8.18. The van der Waals surface area contributed by atoms with Crippen LogP contribution < -0.4 is 4.90 Å². The zero-order chi connectivity index (χ0) is 20.8. The molecule has 0 saturated carbocycles. The van der Waals surface area contributed by atoms with Gasteiger partial charge in [-0.05, 0) is 61.6 Å². The lowest BCUT2D eigenvalue weighted by Crippen LogP contribution is -2.29. The molecule has 0 aliphatic carbocycles. The first kappa shape index (κ1) is 18.1. The van der Waals surface area contributed by atoms with Gasteiger partial charge in [-0.25, -0.2) is 9.97 Å². The van der Waals surface area contributed by atoms with Crippen LogP contribution in [-0.2, 0) is 0 Å². The number of imidazole rings is 1. The number of aromatic amines is 2. The fourth-order valence-electron chi connectivity index (χ4n) is 4.54. The molecule has 7 heteroatoms. The van der Waals surface area contributed by atoms with Gasteiger partial charge in [0.25, 0.3) is 0 Å². The number of hydrogen-bond donors (Lipinski definition) is 2. The number of piperidine rings is 1. The molecular formula is C24H23N7. The molecule has 1 fully saturated rings. The molecule has 2 N–H and O–H groups in total. The summed E-state index contributed by atoms with van der Waals surface area (Å²) in [5.74, 6) is 0.735. The fourth-order valence-corrected chi connectivity index (χ4v) is 4.54. The maximum absolute atomic E-state index is 4.79. The van der Waals surface area contributed by atoms with Gasteiger partial charge >= 0.3 is 0 Å².